The largest absolute Gasteiger partial charge is 0.264 e. The second-order valence-corrected chi connectivity index (χ2v) is 7.07. The molecule has 2 aromatic rings. The number of rotatable bonds is 4. The summed E-state index contributed by atoms with van der Waals surface area (Å²) in [5.41, 5.74) is 0. The molecule has 1 N–H and O–H groups in total. The zero-order chi connectivity index (χ0) is 13.2. The molecule has 0 fully saturated rings. The van der Waals surface area contributed by atoms with E-state index in [9.17, 15) is 8.42 Å². The Bertz CT molecular complexity index is 641. The Morgan fingerprint density at radius 1 is 1.44 bits per heavy atom. The summed E-state index contributed by atoms with van der Waals surface area (Å²) in [7, 11) is -3.66. The van der Waals surface area contributed by atoms with Crippen LogP contribution in [0.3, 0.4) is 0 Å². The van der Waals surface area contributed by atoms with Crippen LogP contribution in [0, 0.1) is 0 Å². The first-order valence-electron chi connectivity index (χ1n) is 4.79. The summed E-state index contributed by atoms with van der Waals surface area (Å²) in [5.74, 6) is 0. The average molecular weight is 321 g/mol. The molecule has 0 saturated heterocycles. The molecule has 0 bridgehead atoms. The van der Waals surface area contributed by atoms with Crippen molar-refractivity contribution in [1.29, 1.82) is 0 Å². The van der Waals surface area contributed by atoms with Gasteiger partial charge in [-0.15, -0.1) is 23.1 Å². The molecule has 1 heterocycles. The lowest BCUT2D eigenvalue weighted by molar-refractivity contribution is 0.599. The number of sulfonamides is 1. The van der Waals surface area contributed by atoms with E-state index in [2.05, 4.69) is 9.71 Å². The van der Waals surface area contributed by atoms with Crippen molar-refractivity contribution in [2.24, 2.45) is 0 Å². The van der Waals surface area contributed by atoms with Gasteiger partial charge in [0.25, 0.3) is 10.0 Å². The van der Waals surface area contributed by atoms with Gasteiger partial charge in [0.15, 0.2) is 5.13 Å². The summed E-state index contributed by atoms with van der Waals surface area (Å²) in [6.07, 6.45) is 3.35. The molecule has 4 nitrogen and oxygen atoms in total. The van der Waals surface area contributed by atoms with Crippen LogP contribution in [-0.4, -0.2) is 19.7 Å². The molecule has 1 aromatic carbocycles. The van der Waals surface area contributed by atoms with Crippen LogP contribution in [0.25, 0.3) is 0 Å². The van der Waals surface area contributed by atoms with Crippen molar-refractivity contribution in [2.45, 2.75) is 9.79 Å². The first kappa shape index (κ1) is 13.7. The second kappa shape index (κ2) is 5.48. The zero-order valence-corrected chi connectivity index (χ0v) is 12.5. The van der Waals surface area contributed by atoms with Crippen LogP contribution in [0.1, 0.15) is 0 Å². The van der Waals surface area contributed by atoms with Gasteiger partial charge in [-0.2, -0.15) is 0 Å². The Morgan fingerprint density at radius 3 is 2.83 bits per heavy atom. The fraction of sp³-hybridized carbons (Fsp3) is 0.100. The van der Waals surface area contributed by atoms with Gasteiger partial charge in [0, 0.05) is 21.5 Å². The predicted molar refractivity (Wildman–Crippen MR) is 76.2 cm³/mol. The Hall–Kier alpha value is -0.760. The maximum Gasteiger partial charge on any atom is 0.264 e. The van der Waals surface area contributed by atoms with E-state index in [1.807, 2.05) is 6.26 Å². The van der Waals surface area contributed by atoms with Crippen LogP contribution in [0.5, 0.6) is 0 Å². The van der Waals surface area contributed by atoms with E-state index in [0.29, 0.717) is 15.0 Å². The third-order valence-electron chi connectivity index (χ3n) is 2.07. The van der Waals surface area contributed by atoms with Crippen LogP contribution in [-0.2, 0) is 10.0 Å². The molecule has 0 saturated carbocycles. The van der Waals surface area contributed by atoms with E-state index in [1.54, 1.807) is 17.5 Å². The Balaban J connectivity index is 2.43. The molecule has 0 aliphatic carbocycles. The van der Waals surface area contributed by atoms with Crippen molar-refractivity contribution in [1.82, 2.24) is 4.98 Å². The van der Waals surface area contributed by atoms with E-state index in [-0.39, 0.29) is 4.90 Å². The lowest BCUT2D eigenvalue weighted by Crippen LogP contribution is -2.13. The fourth-order valence-corrected chi connectivity index (χ4v) is 4.49. The van der Waals surface area contributed by atoms with Crippen LogP contribution in [0.15, 0.2) is 39.6 Å². The summed E-state index contributed by atoms with van der Waals surface area (Å²) in [6, 6.07) is 4.78. The van der Waals surface area contributed by atoms with Gasteiger partial charge in [-0.05, 0) is 24.5 Å². The minimum atomic E-state index is -3.66. The fourth-order valence-electron chi connectivity index (χ4n) is 1.30. The Labute approximate surface area is 118 Å². The second-order valence-electron chi connectivity index (χ2n) is 3.24. The summed E-state index contributed by atoms with van der Waals surface area (Å²) in [6.45, 7) is 0. The highest BCUT2D eigenvalue weighted by Gasteiger charge is 2.19. The topological polar surface area (TPSA) is 59.1 Å². The minimum absolute atomic E-state index is 0.165. The molecule has 8 heteroatoms. The molecule has 18 heavy (non-hydrogen) atoms. The highest BCUT2D eigenvalue weighted by molar-refractivity contribution is 7.99. The molecule has 0 aliphatic heterocycles. The summed E-state index contributed by atoms with van der Waals surface area (Å²) in [5, 5.41) is 2.42. The summed E-state index contributed by atoms with van der Waals surface area (Å²) in [4.78, 5) is 4.70. The van der Waals surface area contributed by atoms with Crippen LogP contribution < -0.4 is 4.72 Å². The van der Waals surface area contributed by atoms with E-state index in [4.69, 9.17) is 11.6 Å². The lowest BCUT2D eigenvalue weighted by Gasteiger charge is -2.09. The monoisotopic (exact) mass is 320 g/mol. The molecule has 0 spiro atoms. The maximum atomic E-state index is 12.2. The molecule has 0 unspecified atom stereocenters. The van der Waals surface area contributed by atoms with Crippen molar-refractivity contribution in [3.63, 3.8) is 0 Å². The third-order valence-corrected chi connectivity index (χ3v) is 5.43. The average Bonchev–Trinajstić information content (AvgIpc) is 2.81. The van der Waals surface area contributed by atoms with Gasteiger partial charge in [-0.1, -0.05) is 11.6 Å². The molecule has 1 aromatic heterocycles. The first-order valence-corrected chi connectivity index (χ1v) is 8.75. The van der Waals surface area contributed by atoms with Crippen molar-refractivity contribution in [3.05, 3.63) is 34.8 Å². The van der Waals surface area contributed by atoms with Gasteiger partial charge in [0.1, 0.15) is 4.90 Å². The highest BCUT2D eigenvalue weighted by Crippen LogP contribution is 2.29. The van der Waals surface area contributed by atoms with Gasteiger partial charge in [0.2, 0.25) is 0 Å². The number of benzene rings is 1. The van der Waals surface area contributed by atoms with Gasteiger partial charge < -0.3 is 0 Å². The normalized spacial score (nSPS) is 11.4. The highest BCUT2D eigenvalue weighted by atomic mass is 35.5. The Kier molecular flexibility index (Phi) is 4.16. The van der Waals surface area contributed by atoms with Crippen LogP contribution in [0.2, 0.25) is 5.02 Å². The lowest BCUT2D eigenvalue weighted by atomic mass is 10.4. The number of hydrogen-bond donors (Lipinski definition) is 1. The number of aromatic nitrogens is 1. The van der Waals surface area contributed by atoms with Crippen molar-refractivity contribution in [3.8, 4) is 0 Å². The number of hydrogen-bond acceptors (Lipinski definition) is 5. The van der Waals surface area contributed by atoms with Gasteiger partial charge in [-0.3, -0.25) is 4.72 Å². The molecule has 0 radical (unpaired) electrons. The van der Waals surface area contributed by atoms with Gasteiger partial charge >= 0.3 is 0 Å². The molecular weight excluding hydrogens is 312 g/mol. The van der Waals surface area contributed by atoms with Crippen molar-refractivity contribution < 1.29 is 8.42 Å². The summed E-state index contributed by atoms with van der Waals surface area (Å²) >= 11 is 8.42. The third kappa shape index (κ3) is 2.97. The minimum Gasteiger partial charge on any atom is -0.255 e. The molecular formula is C10H9ClN2O2S3. The van der Waals surface area contributed by atoms with E-state index >= 15 is 0 Å². The number of nitrogens with one attached hydrogen (secondary N) is 1. The van der Waals surface area contributed by atoms with Gasteiger partial charge in [0.05, 0.1) is 0 Å². The van der Waals surface area contributed by atoms with Crippen LogP contribution >= 0.6 is 34.7 Å². The van der Waals surface area contributed by atoms with Crippen molar-refractivity contribution >= 4 is 49.9 Å². The standard InChI is InChI=1S/C10H9ClN2O2S3/c1-16-8-3-2-7(11)6-9(8)18(14,15)13-10-12-4-5-17-10/h2-6H,1H3,(H,12,13). The maximum absolute atomic E-state index is 12.2. The number of thioether (sulfide) groups is 1. The van der Waals surface area contributed by atoms with E-state index < -0.39 is 10.0 Å². The van der Waals surface area contributed by atoms with Gasteiger partial charge in [-0.25, -0.2) is 13.4 Å². The van der Waals surface area contributed by atoms with E-state index in [0.717, 1.165) is 0 Å². The number of thiazole rings is 1. The molecule has 0 amide bonds. The molecule has 0 atom stereocenters. The molecule has 0 aliphatic rings. The first-order chi connectivity index (χ1) is 8.53. The summed E-state index contributed by atoms with van der Waals surface area (Å²) < 4.78 is 26.9. The SMILES string of the molecule is CSc1ccc(Cl)cc1S(=O)(=O)Nc1nccs1. The predicted octanol–water partition coefficient (Wildman–Crippen LogP) is 3.32. The molecule has 96 valence electrons. The van der Waals surface area contributed by atoms with E-state index in [1.165, 1.54) is 35.4 Å². The zero-order valence-electron chi connectivity index (χ0n) is 9.25. The quantitative estimate of drug-likeness (QED) is 0.878. The number of halogens is 1. The molecule has 2 rings (SSSR count). The van der Waals surface area contributed by atoms with Crippen molar-refractivity contribution in [2.75, 3.05) is 11.0 Å². The Morgan fingerprint density at radius 2 is 2.22 bits per heavy atom. The van der Waals surface area contributed by atoms with Crippen LogP contribution in [0.4, 0.5) is 5.13 Å². The number of anilines is 1. The number of nitrogens with zero attached hydrogens (tertiary/aromatic N) is 1. The smallest absolute Gasteiger partial charge is 0.255 e.